The van der Waals surface area contributed by atoms with Crippen LogP contribution < -0.4 is 5.32 Å². The van der Waals surface area contributed by atoms with Crippen molar-refractivity contribution in [2.75, 3.05) is 12.4 Å². The second-order valence-corrected chi connectivity index (χ2v) is 3.67. The van der Waals surface area contributed by atoms with Gasteiger partial charge >= 0.3 is 0 Å². The SMILES string of the molecule is CNc1cccc(S(=O)(=O)O)c1. The van der Waals surface area contributed by atoms with Crippen LogP contribution in [0.2, 0.25) is 0 Å². The Labute approximate surface area is 71.0 Å². The summed E-state index contributed by atoms with van der Waals surface area (Å²) in [6, 6.07) is 5.94. The van der Waals surface area contributed by atoms with Gasteiger partial charge in [-0.15, -0.1) is 0 Å². The zero-order chi connectivity index (χ0) is 9.19. The van der Waals surface area contributed by atoms with E-state index in [0.717, 1.165) is 0 Å². The van der Waals surface area contributed by atoms with Gasteiger partial charge in [0, 0.05) is 12.7 Å². The van der Waals surface area contributed by atoms with Crippen molar-refractivity contribution in [3.8, 4) is 0 Å². The van der Waals surface area contributed by atoms with Gasteiger partial charge in [0.1, 0.15) is 0 Å². The molecule has 0 saturated carbocycles. The van der Waals surface area contributed by atoms with E-state index in [-0.39, 0.29) is 4.90 Å². The van der Waals surface area contributed by atoms with Crippen LogP contribution in [-0.4, -0.2) is 20.0 Å². The van der Waals surface area contributed by atoms with E-state index in [1.807, 2.05) is 0 Å². The standard InChI is InChI=1S/C7H9NO3S/c1-8-6-3-2-4-7(5-6)12(9,10)11/h2-5,8H,1H3,(H,9,10,11). The molecule has 0 aliphatic rings. The van der Waals surface area contributed by atoms with Crippen molar-refractivity contribution in [1.82, 2.24) is 0 Å². The van der Waals surface area contributed by atoms with Crippen molar-refractivity contribution < 1.29 is 13.0 Å². The molecule has 66 valence electrons. The van der Waals surface area contributed by atoms with Gasteiger partial charge in [0.15, 0.2) is 0 Å². The molecule has 0 spiro atoms. The van der Waals surface area contributed by atoms with Crippen LogP contribution in [0.5, 0.6) is 0 Å². The first-order chi connectivity index (χ1) is 5.54. The largest absolute Gasteiger partial charge is 0.388 e. The highest BCUT2D eigenvalue weighted by atomic mass is 32.2. The third kappa shape index (κ3) is 1.96. The average Bonchev–Trinajstić information content (AvgIpc) is 2.03. The predicted molar refractivity (Wildman–Crippen MR) is 45.8 cm³/mol. The first kappa shape index (κ1) is 9.02. The van der Waals surface area contributed by atoms with Gasteiger partial charge in [-0.3, -0.25) is 4.55 Å². The normalized spacial score (nSPS) is 11.2. The van der Waals surface area contributed by atoms with Gasteiger partial charge < -0.3 is 5.32 Å². The number of hydrogen-bond acceptors (Lipinski definition) is 3. The Hall–Kier alpha value is -1.07. The third-order valence-electron chi connectivity index (χ3n) is 1.42. The monoisotopic (exact) mass is 187 g/mol. The molecule has 0 aromatic heterocycles. The molecule has 12 heavy (non-hydrogen) atoms. The second kappa shape index (κ2) is 3.12. The number of anilines is 1. The maximum absolute atomic E-state index is 10.6. The minimum Gasteiger partial charge on any atom is -0.388 e. The molecule has 1 aromatic rings. The van der Waals surface area contributed by atoms with Crippen molar-refractivity contribution >= 4 is 15.8 Å². The zero-order valence-corrected chi connectivity index (χ0v) is 7.30. The minimum atomic E-state index is -4.08. The van der Waals surface area contributed by atoms with Gasteiger partial charge in [0.2, 0.25) is 0 Å². The molecule has 0 aliphatic heterocycles. The van der Waals surface area contributed by atoms with Crippen LogP contribution in [0, 0.1) is 0 Å². The molecule has 0 bridgehead atoms. The lowest BCUT2D eigenvalue weighted by atomic mass is 10.3. The van der Waals surface area contributed by atoms with Gasteiger partial charge in [-0.05, 0) is 18.2 Å². The van der Waals surface area contributed by atoms with Crippen LogP contribution >= 0.6 is 0 Å². The first-order valence-corrected chi connectivity index (χ1v) is 4.73. The van der Waals surface area contributed by atoms with E-state index >= 15 is 0 Å². The lowest BCUT2D eigenvalue weighted by Crippen LogP contribution is -1.98. The highest BCUT2D eigenvalue weighted by Gasteiger charge is 2.08. The quantitative estimate of drug-likeness (QED) is 0.677. The lowest BCUT2D eigenvalue weighted by Gasteiger charge is -2.00. The van der Waals surface area contributed by atoms with Crippen molar-refractivity contribution in [1.29, 1.82) is 0 Å². The summed E-state index contributed by atoms with van der Waals surface area (Å²) in [4.78, 5) is -0.102. The second-order valence-electron chi connectivity index (χ2n) is 2.25. The molecule has 1 rings (SSSR count). The van der Waals surface area contributed by atoms with E-state index in [1.165, 1.54) is 12.1 Å². The number of nitrogens with one attached hydrogen (secondary N) is 1. The molecule has 4 nitrogen and oxygen atoms in total. The molecule has 0 radical (unpaired) electrons. The van der Waals surface area contributed by atoms with Gasteiger partial charge in [0.05, 0.1) is 4.90 Å². The summed E-state index contributed by atoms with van der Waals surface area (Å²) < 4.78 is 29.9. The van der Waals surface area contributed by atoms with E-state index in [1.54, 1.807) is 19.2 Å². The Morgan fingerprint density at radius 3 is 2.58 bits per heavy atom. The minimum absolute atomic E-state index is 0.102. The lowest BCUT2D eigenvalue weighted by molar-refractivity contribution is 0.483. The van der Waals surface area contributed by atoms with E-state index in [9.17, 15) is 8.42 Å². The average molecular weight is 187 g/mol. The van der Waals surface area contributed by atoms with Crippen molar-refractivity contribution in [2.45, 2.75) is 4.90 Å². The molecule has 0 unspecified atom stereocenters. The highest BCUT2D eigenvalue weighted by Crippen LogP contribution is 2.13. The Balaban J connectivity index is 3.20. The Morgan fingerprint density at radius 2 is 2.08 bits per heavy atom. The highest BCUT2D eigenvalue weighted by molar-refractivity contribution is 7.85. The number of benzene rings is 1. The molecule has 0 aliphatic carbocycles. The summed E-state index contributed by atoms with van der Waals surface area (Å²) in [6.07, 6.45) is 0. The molecule has 0 fully saturated rings. The van der Waals surface area contributed by atoms with Crippen LogP contribution in [0.15, 0.2) is 29.2 Å². The van der Waals surface area contributed by atoms with Crippen molar-refractivity contribution in [3.05, 3.63) is 24.3 Å². The Morgan fingerprint density at radius 1 is 1.42 bits per heavy atom. The molecule has 0 amide bonds. The fourth-order valence-electron chi connectivity index (χ4n) is 0.812. The third-order valence-corrected chi connectivity index (χ3v) is 2.27. The summed E-state index contributed by atoms with van der Waals surface area (Å²) >= 11 is 0. The van der Waals surface area contributed by atoms with E-state index in [2.05, 4.69) is 5.32 Å². The summed E-state index contributed by atoms with van der Waals surface area (Å²) in [5.41, 5.74) is 0.644. The van der Waals surface area contributed by atoms with Gasteiger partial charge in [-0.2, -0.15) is 8.42 Å². The Kier molecular flexibility index (Phi) is 2.35. The molecule has 5 heteroatoms. The molecule has 2 N–H and O–H groups in total. The topological polar surface area (TPSA) is 66.4 Å². The van der Waals surface area contributed by atoms with Gasteiger partial charge in [0.25, 0.3) is 10.1 Å². The smallest absolute Gasteiger partial charge is 0.294 e. The van der Waals surface area contributed by atoms with Crippen molar-refractivity contribution in [2.24, 2.45) is 0 Å². The summed E-state index contributed by atoms with van der Waals surface area (Å²) in [5, 5.41) is 2.76. The first-order valence-electron chi connectivity index (χ1n) is 3.29. The fourth-order valence-corrected chi connectivity index (χ4v) is 1.34. The summed E-state index contributed by atoms with van der Waals surface area (Å²) in [6.45, 7) is 0. The summed E-state index contributed by atoms with van der Waals surface area (Å²) in [5.74, 6) is 0. The zero-order valence-electron chi connectivity index (χ0n) is 6.48. The van der Waals surface area contributed by atoms with Crippen LogP contribution in [0.1, 0.15) is 0 Å². The predicted octanol–water partition coefficient (Wildman–Crippen LogP) is 0.975. The Bertz CT molecular complexity index is 372. The number of rotatable bonds is 2. The maximum atomic E-state index is 10.6. The van der Waals surface area contributed by atoms with Crippen LogP contribution in [-0.2, 0) is 10.1 Å². The molecular weight excluding hydrogens is 178 g/mol. The number of hydrogen-bond donors (Lipinski definition) is 2. The van der Waals surface area contributed by atoms with Crippen LogP contribution in [0.25, 0.3) is 0 Å². The maximum Gasteiger partial charge on any atom is 0.294 e. The molecular formula is C7H9NO3S. The van der Waals surface area contributed by atoms with E-state index in [0.29, 0.717) is 5.69 Å². The molecule has 0 saturated heterocycles. The van der Waals surface area contributed by atoms with Crippen molar-refractivity contribution in [3.63, 3.8) is 0 Å². The van der Waals surface area contributed by atoms with E-state index < -0.39 is 10.1 Å². The van der Waals surface area contributed by atoms with Crippen LogP contribution in [0.4, 0.5) is 5.69 Å². The van der Waals surface area contributed by atoms with Gasteiger partial charge in [-0.1, -0.05) is 6.07 Å². The van der Waals surface area contributed by atoms with E-state index in [4.69, 9.17) is 4.55 Å². The van der Waals surface area contributed by atoms with Gasteiger partial charge in [-0.25, -0.2) is 0 Å². The fraction of sp³-hybridized carbons (Fsp3) is 0.143. The van der Waals surface area contributed by atoms with Crippen LogP contribution in [0.3, 0.4) is 0 Å². The molecule has 0 atom stereocenters. The summed E-state index contributed by atoms with van der Waals surface area (Å²) in [7, 11) is -2.41. The molecule has 0 heterocycles. The molecule has 1 aromatic carbocycles.